The van der Waals surface area contributed by atoms with E-state index in [9.17, 15) is 9.18 Å². The molecular weight excluding hydrogens is 233 g/mol. The highest BCUT2D eigenvalue weighted by Gasteiger charge is 2.28. The number of benzene rings is 1. The van der Waals surface area contributed by atoms with E-state index >= 15 is 0 Å². The number of fused-ring (bicyclic) bond motifs is 1. The number of aryl methyl sites for hydroxylation is 1. The molecule has 0 saturated heterocycles. The zero-order valence-corrected chi connectivity index (χ0v) is 10.7. The number of carboxylic acid groups (broad SMARTS) is 1. The van der Waals surface area contributed by atoms with Gasteiger partial charge in [-0.1, -0.05) is 0 Å². The highest BCUT2D eigenvalue weighted by molar-refractivity contribution is 5.81. The van der Waals surface area contributed by atoms with Crippen molar-refractivity contribution in [3.8, 4) is 0 Å². The number of hydrogen-bond donors (Lipinski definition) is 1. The first-order chi connectivity index (χ1) is 8.31. The summed E-state index contributed by atoms with van der Waals surface area (Å²) < 4.78 is 15.8. The van der Waals surface area contributed by atoms with Crippen LogP contribution in [-0.4, -0.2) is 15.6 Å². The molecule has 0 aliphatic carbocycles. The molecule has 0 saturated carbocycles. The van der Waals surface area contributed by atoms with E-state index in [1.54, 1.807) is 19.9 Å². The minimum atomic E-state index is -0.973. The summed E-state index contributed by atoms with van der Waals surface area (Å²) in [6.07, 6.45) is 2.03. The van der Waals surface area contributed by atoms with Crippen molar-refractivity contribution in [3.05, 3.63) is 35.8 Å². The van der Waals surface area contributed by atoms with Gasteiger partial charge in [-0.25, -0.2) is 4.39 Å². The van der Waals surface area contributed by atoms with E-state index in [1.807, 2.05) is 23.9 Å². The lowest BCUT2D eigenvalue weighted by Gasteiger charge is -2.19. The van der Waals surface area contributed by atoms with Crippen LogP contribution in [0.3, 0.4) is 0 Å². The molecule has 1 aromatic carbocycles. The molecule has 18 heavy (non-hydrogen) atoms. The van der Waals surface area contributed by atoms with Crippen molar-refractivity contribution in [2.45, 2.75) is 20.3 Å². The second-order valence-electron chi connectivity index (χ2n) is 5.29. The Hall–Kier alpha value is -1.84. The summed E-state index contributed by atoms with van der Waals surface area (Å²) in [4.78, 5) is 11.1. The Morgan fingerprint density at radius 1 is 1.44 bits per heavy atom. The van der Waals surface area contributed by atoms with Crippen molar-refractivity contribution in [2.75, 3.05) is 0 Å². The van der Waals surface area contributed by atoms with E-state index in [2.05, 4.69) is 0 Å². The van der Waals surface area contributed by atoms with Gasteiger partial charge >= 0.3 is 5.97 Å². The maximum Gasteiger partial charge on any atom is 0.309 e. The quantitative estimate of drug-likeness (QED) is 0.908. The van der Waals surface area contributed by atoms with E-state index in [0.717, 1.165) is 10.9 Å². The van der Waals surface area contributed by atoms with Gasteiger partial charge in [0.1, 0.15) is 5.82 Å². The fourth-order valence-electron chi connectivity index (χ4n) is 2.02. The lowest BCUT2D eigenvalue weighted by Crippen LogP contribution is -2.26. The second-order valence-corrected chi connectivity index (χ2v) is 5.29. The summed E-state index contributed by atoms with van der Waals surface area (Å²) in [6.45, 7) is 3.20. The maximum absolute atomic E-state index is 13.9. The van der Waals surface area contributed by atoms with Crippen molar-refractivity contribution in [2.24, 2.45) is 12.5 Å². The molecule has 2 rings (SSSR count). The highest BCUT2D eigenvalue weighted by atomic mass is 19.1. The summed E-state index contributed by atoms with van der Waals surface area (Å²) in [6, 6.07) is 5.03. The number of aromatic nitrogens is 1. The molecule has 0 atom stereocenters. The third-order valence-electron chi connectivity index (χ3n) is 3.26. The molecule has 0 aliphatic heterocycles. The molecule has 1 heterocycles. The van der Waals surface area contributed by atoms with Gasteiger partial charge in [-0.3, -0.25) is 4.79 Å². The van der Waals surface area contributed by atoms with Crippen molar-refractivity contribution in [1.29, 1.82) is 0 Å². The lowest BCUT2D eigenvalue weighted by molar-refractivity contribution is -0.146. The number of hydrogen-bond acceptors (Lipinski definition) is 1. The topological polar surface area (TPSA) is 42.2 Å². The van der Waals surface area contributed by atoms with Gasteiger partial charge in [-0.05, 0) is 44.0 Å². The maximum atomic E-state index is 13.9. The van der Waals surface area contributed by atoms with Crippen molar-refractivity contribution in [1.82, 2.24) is 4.57 Å². The Balaban J connectivity index is 2.48. The summed E-state index contributed by atoms with van der Waals surface area (Å²) in [5.41, 5.74) is 0.379. The van der Waals surface area contributed by atoms with Crippen LogP contribution in [0.2, 0.25) is 0 Å². The zero-order valence-electron chi connectivity index (χ0n) is 10.7. The molecule has 4 heteroatoms. The van der Waals surface area contributed by atoms with Gasteiger partial charge in [-0.2, -0.15) is 0 Å². The van der Waals surface area contributed by atoms with E-state index in [0.29, 0.717) is 5.56 Å². The van der Waals surface area contributed by atoms with Gasteiger partial charge in [0.2, 0.25) is 0 Å². The fraction of sp³-hybridized carbons (Fsp3) is 0.357. The lowest BCUT2D eigenvalue weighted by atomic mass is 9.85. The molecule has 0 bridgehead atoms. The average Bonchev–Trinajstić information content (AvgIpc) is 2.60. The number of carboxylic acids is 1. The van der Waals surface area contributed by atoms with Crippen molar-refractivity contribution >= 4 is 16.9 Å². The molecule has 1 aromatic heterocycles. The first-order valence-electron chi connectivity index (χ1n) is 5.78. The number of nitrogens with zero attached hydrogens (tertiary/aromatic N) is 1. The predicted octanol–water partition coefficient (Wildman–Crippen LogP) is 2.97. The monoisotopic (exact) mass is 249 g/mol. The summed E-state index contributed by atoms with van der Waals surface area (Å²) in [7, 11) is 1.88. The van der Waals surface area contributed by atoms with E-state index in [4.69, 9.17) is 5.11 Å². The normalized spacial score (nSPS) is 12.0. The third kappa shape index (κ3) is 2.10. The summed E-state index contributed by atoms with van der Waals surface area (Å²) >= 11 is 0. The Morgan fingerprint density at radius 2 is 2.11 bits per heavy atom. The summed E-state index contributed by atoms with van der Waals surface area (Å²) in [5.74, 6) is -1.27. The number of halogens is 1. The first kappa shape index (κ1) is 12.6. The number of aliphatic carboxylic acids is 1. The number of carbonyl (C=O) groups is 1. The van der Waals surface area contributed by atoms with Crippen molar-refractivity contribution < 1.29 is 14.3 Å². The van der Waals surface area contributed by atoms with Crippen LogP contribution in [0.15, 0.2) is 24.4 Å². The van der Waals surface area contributed by atoms with Gasteiger partial charge < -0.3 is 9.67 Å². The molecule has 96 valence electrons. The van der Waals surface area contributed by atoms with E-state index < -0.39 is 11.4 Å². The van der Waals surface area contributed by atoms with Crippen LogP contribution in [0.4, 0.5) is 4.39 Å². The van der Waals surface area contributed by atoms with Gasteiger partial charge in [0.25, 0.3) is 0 Å². The molecule has 1 N–H and O–H groups in total. The van der Waals surface area contributed by atoms with Crippen LogP contribution in [0.25, 0.3) is 10.9 Å². The van der Waals surface area contributed by atoms with Crippen LogP contribution < -0.4 is 0 Å². The Bertz CT molecular complexity index is 614. The predicted molar refractivity (Wildman–Crippen MR) is 68.0 cm³/mol. The van der Waals surface area contributed by atoms with Crippen LogP contribution in [-0.2, 0) is 18.3 Å². The molecule has 2 aromatic rings. The molecule has 0 radical (unpaired) electrons. The number of rotatable bonds is 3. The molecule has 0 amide bonds. The Kier molecular flexibility index (Phi) is 2.89. The SMILES string of the molecule is Cn1ccc2cc(F)c(CC(C)(C)C(=O)O)cc21. The highest BCUT2D eigenvalue weighted by Crippen LogP contribution is 2.27. The van der Waals surface area contributed by atoms with E-state index in [1.165, 1.54) is 6.07 Å². The van der Waals surface area contributed by atoms with Crippen molar-refractivity contribution in [3.63, 3.8) is 0 Å². The van der Waals surface area contributed by atoms with Gasteiger partial charge in [-0.15, -0.1) is 0 Å². The van der Waals surface area contributed by atoms with Gasteiger partial charge in [0.05, 0.1) is 5.41 Å². The smallest absolute Gasteiger partial charge is 0.309 e. The minimum Gasteiger partial charge on any atom is -0.481 e. The van der Waals surface area contributed by atoms with Gasteiger partial charge in [0.15, 0.2) is 0 Å². The van der Waals surface area contributed by atoms with Crippen LogP contribution >= 0.6 is 0 Å². The van der Waals surface area contributed by atoms with Crippen LogP contribution in [0, 0.1) is 11.2 Å². The molecule has 0 unspecified atom stereocenters. The molecule has 0 aliphatic rings. The molecule has 0 fully saturated rings. The minimum absolute atomic E-state index is 0.176. The zero-order chi connectivity index (χ0) is 13.5. The van der Waals surface area contributed by atoms with Crippen LogP contribution in [0.5, 0.6) is 0 Å². The van der Waals surface area contributed by atoms with Gasteiger partial charge in [0, 0.05) is 24.1 Å². The molecule has 3 nitrogen and oxygen atoms in total. The standard InChI is InChI=1S/C14H16FNO2/c1-14(2,13(17)18)8-10-7-12-9(6-11(10)15)4-5-16(12)3/h4-7H,8H2,1-3H3,(H,17,18). The van der Waals surface area contributed by atoms with Crippen LogP contribution in [0.1, 0.15) is 19.4 Å². The molecular formula is C14H16FNO2. The Morgan fingerprint density at radius 3 is 2.72 bits per heavy atom. The second kappa shape index (κ2) is 4.12. The average molecular weight is 249 g/mol. The molecule has 0 spiro atoms. The fourth-order valence-corrected chi connectivity index (χ4v) is 2.02. The Labute approximate surface area is 105 Å². The third-order valence-corrected chi connectivity index (χ3v) is 3.26. The summed E-state index contributed by atoms with van der Waals surface area (Å²) in [5, 5.41) is 9.92. The first-order valence-corrected chi connectivity index (χ1v) is 5.78. The van der Waals surface area contributed by atoms with E-state index in [-0.39, 0.29) is 12.2 Å². The largest absolute Gasteiger partial charge is 0.481 e.